The van der Waals surface area contributed by atoms with Gasteiger partial charge in [0, 0.05) is 0 Å². The predicted molar refractivity (Wildman–Crippen MR) is 52.9 cm³/mol. The molecule has 5 atom stereocenters. The minimum Gasteiger partial charge on any atom is -0.0651 e. The van der Waals surface area contributed by atoms with Crippen molar-refractivity contribution in [2.75, 3.05) is 0 Å². The van der Waals surface area contributed by atoms with Gasteiger partial charge in [-0.1, -0.05) is 40.5 Å². The highest BCUT2D eigenvalue weighted by molar-refractivity contribution is 5.10. The second-order valence-electron chi connectivity index (χ2n) is 5.33. The van der Waals surface area contributed by atoms with E-state index in [1.165, 1.54) is 19.3 Å². The Bertz CT molecular complexity index is 184. The van der Waals surface area contributed by atoms with E-state index >= 15 is 0 Å². The van der Waals surface area contributed by atoms with Crippen LogP contribution in [-0.4, -0.2) is 0 Å². The fourth-order valence-corrected chi connectivity index (χ4v) is 3.34. The van der Waals surface area contributed by atoms with E-state index in [2.05, 4.69) is 27.7 Å². The molecule has 0 radical (unpaired) electrons. The minimum absolute atomic E-state index is 0.753. The summed E-state index contributed by atoms with van der Waals surface area (Å²) in [6.45, 7) is 9.64. The Labute approximate surface area is 76.7 Å². The molecule has 0 saturated heterocycles. The standard InChI is InChI=1S/C12H22/c1-5-9-8(3)11(9)10-7-12(10,4)6-2/h8-11H,5-7H2,1-4H3. The maximum absolute atomic E-state index is 2.48. The Hall–Kier alpha value is 0. The molecule has 12 heavy (non-hydrogen) atoms. The topological polar surface area (TPSA) is 0 Å². The molecule has 0 heteroatoms. The zero-order chi connectivity index (χ0) is 8.93. The molecule has 0 aliphatic heterocycles. The minimum atomic E-state index is 0.753. The lowest BCUT2D eigenvalue weighted by Gasteiger charge is -2.06. The van der Waals surface area contributed by atoms with Crippen LogP contribution in [0.4, 0.5) is 0 Å². The van der Waals surface area contributed by atoms with Crippen molar-refractivity contribution < 1.29 is 0 Å². The lowest BCUT2D eigenvalue weighted by Crippen LogP contribution is -1.98. The fraction of sp³-hybridized carbons (Fsp3) is 1.00. The molecule has 0 aromatic rings. The molecule has 2 aliphatic carbocycles. The van der Waals surface area contributed by atoms with Crippen molar-refractivity contribution in [3.8, 4) is 0 Å². The first-order valence-electron chi connectivity index (χ1n) is 5.64. The highest BCUT2D eigenvalue weighted by Gasteiger charge is 2.62. The first-order chi connectivity index (χ1) is 5.64. The van der Waals surface area contributed by atoms with Gasteiger partial charge in [-0.2, -0.15) is 0 Å². The van der Waals surface area contributed by atoms with E-state index in [1.54, 1.807) is 0 Å². The Morgan fingerprint density at radius 2 is 2.00 bits per heavy atom. The lowest BCUT2D eigenvalue weighted by atomic mass is 9.99. The van der Waals surface area contributed by atoms with E-state index in [0.29, 0.717) is 0 Å². The maximum atomic E-state index is 2.48. The summed E-state index contributed by atoms with van der Waals surface area (Å²) in [5, 5.41) is 0. The summed E-state index contributed by atoms with van der Waals surface area (Å²) in [4.78, 5) is 0. The number of rotatable bonds is 3. The molecule has 0 aromatic carbocycles. The highest BCUT2D eigenvalue weighted by Crippen LogP contribution is 2.69. The second kappa shape index (κ2) is 2.49. The summed E-state index contributed by atoms with van der Waals surface area (Å²) in [5.74, 6) is 4.35. The summed E-state index contributed by atoms with van der Waals surface area (Å²) < 4.78 is 0. The molecule has 0 heterocycles. The van der Waals surface area contributed by atoms with Gasteiger partial charge in [-0.3, -0.25) is 0 Å². The van der Waals surface area contributed by atoms with E-state index < -0.39 is 0 Å². The summed E-state index contributed by atoms with van der Waals surface area (Å²) >= 11 is 0. The van der Waals surface area contributed by atoms with E-state index in [1.807, 2.05) is 0 Å². The van der Waals surface area contributed by atoms with Crippen molar-refractivity contribution in [2.45, 2.75) is 47.0 Å². The molecule has 0 amide bonds. The molecule has 0 aromatic heterocycles. The number of hydrogen-bond acceptors (Lipinski definition) is 0. The van der Waals surface area contributed by atoms with Crippen LogP contribution in [0.25, 0.3) is 0 Å². The third-order valence-corrected chi connectivity index (χ3v) is 4.80. The Kier molecular flexibility index (Phi) is 1.79. The molecule has 2 rings (SSSR count). The summed E-state index contributed by atoms with van der Waals surface area (Å²) in [7, 11) is 0. The van der Waals surface area contributed by atoms with Crippen molar-refractivity contribution in [1.82, 2.24) is 0 Å². The van der Waals surface area contributed by atoms with Gasteiger partial charge in [-0.25, -0.2) is 0 Å². The fourth-order valence-electron chi connectivity index (χ4n) is 3.34. The van der Waals surface area contributed by atoms with Crippen LogP contribution in [0.5, 0.6) is 0 Å². The van der Waals surface area contributed by atoms with Crippen LogP contribution < -0.4 is 0 Å². The van der Waals surface area contributed by atoms with Crippen molar-refractivity contribution >= 4 is 0 Å². The van der Waals surface area contributed by atoms with Crippen molar-refractivity contribution in [3.63, 3.8) is 0 Å². The van der Waals surface area contributed by atoms with E-state index in [9.17, 15) is 0 Å². The van der Waals surface area contributed by atoms with E-state index in [4.69, 9.17) is 0 Å². The van der Waals surface area contributed by atoms with E-state index in [0.717, 1.165) is 29.1 Å². The maximum Gasteiger partial charge on any atom is -0.0294 e. The molecule has 2 fully saturated rings. The molecule has 0 N–H and O–H groups in total. The molecule has 0 nitrogen and oxygen atoms in total. The third-order valence-electron chi connectivity index (χ3n) is 4.80. The van der Waals surface area contributed by atoms with Crippen LogP contribution in [0.1, 0.15) is 47.0 Å². The zero-order valence-electron chi connectivity index (χ0n) is 8.93. The van der Waals surface area contributed by atoms with Crippen LogP contribution >= 0.6 is 0 Å². The van der Waals surface area contributed by atoms with Crippen molar-refractivity contribution in [3.05, 3.63) is 0 Å². The molecule has 0 spiro atoms. The second-order valence-corrected chi connectivity index (χ2v) is 5.33. The average Bonchev–Trinajstić information content (AvgIpc) is 2.89. The van der Waals surface area contributed by atoms with Crippen LogP contribution in [0.2, 0.25) is 0 Å². The lowest BCUT2D eigenvalue weighted by molar-refractivity contribution is 0.435. The zero-order valence-corrected chi connectivity index (χ0v) is 8.93. The predicted octanol–water partition coefficient (Wildman–Crippen LogP) is 3.71. The van der Waals surface area contributed by atoms with Gasteiger partial charge >= 0.3 is 0 Å². The van der Waals surface area contributed by atoms with Crippen LogP contribution in [0, 0.1) is 29.1 Å². The molecule has 2 aliphatic rings. The summed E-state index contributed by atoms with van der Waals surface area (Å²) in [5.41, 5.74) is 0.753. The SMILES string of the molecule is CCC1C(C)C1C1CC1(C)CC. The van der Waals surface area contributed by atoms with Gasteiger partial charge in [0.05, 0.1) is 0 Å². The summed E-state index contributed by atoms with van der Waals surface area (Å²) in [6.07, 6.45) is 4.34. The van der Waals surface area contributed by atoms with Gasteiger partial charge in [-0.05, 0) is 35.5 Å². The summed E-state index contributed by atoms with van der Waals surface area (Å²) in [6, 6.07) is 0. The average molecular weight is 166 g/mol. The Balaban J connectivity index is 1.91. The smallest absolute Gasteiger partial charge is 0.0294 e. The van der Waals surface area contributed by atoms with Gasteiger partial charge in [0.2, 0.25) is 0 Å². The molecule has 5 unspecified atom stereocenters. The monoisotopic (exact) mass is 166 g/mol. The van der Waals surface area contributed by atoms with Gasteiger partial charge in [0.25, 0.3) is 0 Å². The van der Waals surface area contributed by atoms with Gasteiger partial charge < -0.3 is 0 Å². The van der Waals surface area contributed by atoms with Crippen LogP contribution in [0.3, 0.4) is 0 Å². The van der Waals surface area contributed by atoms with Crippen molar-refractivity contribution in [2.24, 2.45) is 29.1 Å². The van der Waals surface area contributed by atoms with Gasteiger partial charge in [-0.15, -0.1) is 0 Å². The number of hydrogen-bond donors (Lipinski definition) is 0. The largest absolute Gasteiger partial charge is 0.0651 e. The molecular weight excluding hydrogens is 144 g/mol. The van der Waals surface area contributed by atoms with Crippen LogP contribution in [0.15, 0.2) is 0 Å². The highest BCUT2D eigenvalue weighted by atomic mass is 14.7. The van der Waals surface area contributed by atoms with E-state index in [-0.39, 0.29) is 0 Å². The molecule has 0 bridgehead atoms. The Morgan fingerprint density at radius 1 is 1.33 bits per heavy atom. The molecule has 2 saturated carbocycles. The molecule has 70 valence electrons. The molecular formula is C12H22. The first-order valence-corrected chi connectivity index (χ1v) is 5.64. The van der Waals surface area contributed by atoms with Crippen molar-refractivity contribution in [1.29, 1.82) is 0 Å². The first kappa shape index (κ1) is 8.59. The normalized spacial score (nSPS) is 57.0. The Morgan fingerprint density at radius 3 is 2.33 bits per heavy atom. The third kappa shape index (κ3) is 1.03. The van der Waals surface area contributed by atoms with Crippen LogP contribution in [-0.2, 0) is 0 Å². The van der Waals surface area contributed by atoms with Gasteiger partial charge in [0.15, 0.2) is 0 Å². The van der Waals surface area contributed by atoms with Gasteiger partial charge in [0.1, 0.15) is 0 Å². The quantitative estimate of drug-likeness (QED) is 0.599.